The molecule has 0 atom stereocenters. The molecule has 0 aliphatic rings. The number of nitrogens with zero attached hydrogens (tertiary/aromatic N) is 2. The van der Waals surface area contributed by atoms with Gasteiger partial charge in [-0.15, -0.1) is 0 Å². The molecule has 0 saturated heterocycles. The Hall–Kier alpha value is -0.871. The minimum absolute atomic E-state index is 0.0373. The van der Waals surface area contributed by atoms with Crippen molar-refractivity contribution in [3.63, 3.8) is 0 Å². The van der Waals surface area contributed by atoms with E-state index in [1.807, 2.05) is 30.3 Å². The molecular formula is C17H21BrCuN2O. The van der Waals surface area contributed by atoms with Gasteiger partial charge >= 0.3 is 28.3 Å². The van der Waals surface area contributed by atoms with Gasteiger partial charge in [-0.1, -0.05) is 56.0 Å². The quantitative estimate of drug-likeness (QED) is 0.538. The normalized spacial score (nSPS) is 11.0. The first-order chi connectivity index (χ1) is 10.8. The van der Waals surface area contributed by atoms with Crippen molar-refractivity contribution in [1.82, 2.24) is 4.90 Å². The average molecular weight is 413 g/mol. The van der Waals surface area contributed by atoms with E-state index in [0.717, 1.165) is 37.0 Å². The zero-order valence-corrected chi connectivity index (χ0v) is 15.4. The SMILES string of the molecule is CCN(CC)CCN=Cc1c([O-])ccc2ccccc12.[Cu+][Br]. The standard InChI is InChI=1S/C17H22N2O.BrH.Cu/c1-3-19(4-2)12-11-18-13-16-15-8-6-5-7-14(15)9-10-17(16)20;;/h5-10,13,20H,3-4,11-12H2,1-2H3;1H;/q;;+2/p-2. The molecule has 0 bridgehead atoms. The topological polar surface area (TPSA) is 38.7 Å². The summed E-state index contributed by atoms with van der Waals surface area (Å²) in [6, 6.07) is 11.4. The first-order valence-electron chi connectivity index (χ1n) is 7.28. The Morgan fingerprint density at radius 3 is 2.50 bits per heavy atom. The zero-order chi connectivity index (χ0) is 16.4. The van der Waals surface area contributed by atoms with Crippen LogP contribution in [-0.2, 0) is 14.2 Å². The van der Waals surface area contributed by atoms with Crippen LogP contribution in [0.1, 0.15) is 19.4 Å². The molecule has 2 aromatic rings. The zero-order valence-electron chi connectivity index (χ0n) is 12.9. The van der Waals surface area contributed by atoms with Crippen LogP contribution in [0.4, 0.5) is 0 Å². The molecular weight excluding hydrogens is 392 g/mol. The summed E-state index contributed by atoms with van der Waals surface area (Å²) in [4.78, 5) is 6.74. The van der Waals surface area contributed by atoms with E-state index < -0.39 is 0 Å². The van der Waals surface area contributed by atoms with Crippen LogP contribution in [0.2, 0.25) is 0 Å². The summed E-state index contributed by atoms with van der Waals surface area (Å²) < 4.78 is 0. The maximum absolute atomic E-state index is 12.0. The van der Waals surface area contributed by atoms with Gasteiger partial charge < -0.3 is 10.0 Å². The number of likely N-dealkylation sites (N-methyl/N-ethyl adjacent to an activating group) is 1. The van der Waals surface area contributed by atoms with Crippen LogP contribution in [0, 0.1) is 0 Å². The molecule has 0 unspecified atom stereocenters. The number of halogens is 1. The minimum atomic E-state index is 0.0373. The van der Waals surface area contributed by atoms with Gasteiger partial charge in [0.2, 0.25) is 0 Å². The van der Waals surface area contributed by atoms with Crippen molar-refractivity contribution in [3.8, 4) is 5.75 Å². The summed E-state index contributed by atoms with van der Waals surface area (Å²) in [6.07, 6.45) is 1.73. The van der Waals surface area contributed by atoms with Gasteiger partial charge in [0.25, 0.3) is 0 Å². The van der Waals surface area contributed by atoms with Gasteiger partial charge in [0, 0.05) is 12.8 Å². The van der Waals surface area contributed by atoms with Crippen LogP contribution in [-0.4, -0.2) is 37.3 Å². The van der Waals surface area contributed by atoms with Crippen molar-refractivity contribution in [2.45, 2.75) is 13.8 Å². The Kier molecular flexibility index (Phi) is 9.40. The number of hydrogen-bond acceptors (Lipinski definition) is 3. The van der Waals surface area contributed by atoms with Crippen molar-refractivity contribution in [3.05, 3.63) is 42.0 Å². The van der Waals surface area contributed by atoms with Crippen molar-refractivity contribution in [1.29, 1.82) is 0 Å². The van der Waals surface area contributed by atoms with E-state index in [1.165, 1.54) is 0 Å². The van der Waals surface area contributed by atoms with E-state index in [9.17, 15) is 5.11 Å². The summed E-state index contributed by atoms with van der Waals surface area (Å²) in [7, 11) is 0. The first kappa shape index (κ1) is 19.2. The first-order valence-corrected chi connectivity index (χ1v) is 9.61. The predicted molar refractivity (Wildman–Crippen MR) is 92.6 cm³/mol. The number of aliphatic imine (C=N–C) groups is 1. The van der Waals surface area contributed by atoms with Crippen molar-refractivity contribution < 1.29 is 19.3 Å². The van der Waals surface area contributed by atoms with Crippen molar-refractivity contribution >= 4 is 31.1 Å². The van der Waals surface area contributed by atoms with Crippen molar-refractivity contribution in [2.24, 2.45) is 4.99 Å². The van der Waals surface area contributed by atoms with Crippen LogP contribution >= 0.6 is 14.1 Å². The molecule has 0 aliphatic carbocycles. The fourth-order valence-electron chi connectivity index (χ4n) is 2.30. The van der Waals surface area contributed by atoms with Crippen LogP contribution in [0.25, 0.3) is 10.8 Å². The van der Waals surface area contributed by atoms with Gasteiger partial charge in [-0.05, 0) is 29.4 Å². The van der Waals surface area contributed by atoms with E-state index in [0.29, 0.717) is 5.56 Å². The average Bonchev–Trinajstić information content (AvgIpc) is 2.58. The molecule has 0 fully saturated rings. The molecule has 2 rings (SSSR count). The fraction of sp³-hybridized carbons (Fsp3) is 0.353. The van der Waals surface area contributed by atoms with Gasteiger partial charge in [-0.3, -0.25) is 4.99 Å². The van der Waals surface area contributed by atoms with Gasteiger partial charge in [0.05, 0.1) is 6.54 Å². The molecule has 0 saturated carbocycles. The predicted octanol–water partition coefficient (Wildman–Crippen LogP) is 3.52. The third-order valence-corrected chi connectivity index (χ3v) is 3.59. The Morgan fingerprint density at radius 2 is 1.82 bits per heavy atom. The summed E-state index contributed by atoms with van der Waals surface area (Å²) in [5.74, 6) is 0.0373. The van der Waals surface area contributed by atoms with Crippen LogP contribution < -0.4 is 5.11 Å². The van der Waals surface area contributed by atoms with Crippen LogP contribution in [0.15, 0.2) is 41.4 Å². The molecule has 5 heteroatoms. The van der Waals surface area contributed by atoms with Gasteiger partial charge in [-0.25, -0.2) is 0 Å². The van der Waals surface area contributed by atoms with Crippen LogP contribution in [0.5, 0.6) is 5.75 Å². The number of hydrogen-bond donors (Lipinski definition) is 0. The molecule has 123 valence electrons. The molecule has 0 spiro atoms. The molecule has 0 N–H and O–H groups in total. The second-order valence-corrected chi connectivity index (χ2v) is 4.76. The third kappa shape index (κ3) is 5.40. The molecule has 0 radical (unpaired) electrons. The van der Waals surface area contributed by atoms with E-state index in [1.54, 1.807) is 12.3 Å². The van der Waals surface area contributed by atoms with E-state index in [-0.39, 0.29) is 5.75 Å². The fourth-order valence-corrected chi connectivity index (χ4v) is 2.30. The third-order valence-electron chi connectivity index (χ3n) is 3.59. The van der Waals surface area contributed by atoms with E-state index in [2.05, 4.69) is 52.1 Å². The second-order valence-electron chi connectivity index (χ2n) is 4.76. The summed E-state index contributed by atoms with van der Waals surface area (Å²) in [5.41, 5.74) is 0.697. The van der Waals surface area contributed by atoms with Gasteiger partial charge in [0.1, 0.15) is 0 Å². The second kappa shape index (κ2) is 10.8. The number of rotatable bonds is 6. The molecule has 0 aromatic heterocycles. The molecule has 22 heavy (non-hydrogen) atoms. The Balaban J connectivity index is 0.00000116. The van der Waals surface area contributed by atoms with E-state index >= 15 is 0 Å². The van der Waals surface area contributed by atoms with Crippen molar-refractivity contribution in [2.75, 3.05) is 26.2 Å². The van der Waals surface area contributed by atoms with Gasteiger partial charge in [-0.2, -0.15) is 0 Å². The number of fused-ring (bicyclic) bond motifs is 1. The summed E-state index contributed by atoms with van der Waals surface area (Å²) in [6.45, 7) is 8.02. The van der Waals surface area contributed by atoms with E-state index in [4.69, 9.17) is 0 Å². The monoisotopic (exact) mass is 411 g/mol. The summed E-state index contributed by atoms with van der Waals surface area (Å²) >= 11 is 6.50. The Labute approximate surface area is 147 Å². The molecule has 0 amide bonds. The number of benzene rings is 2. The molecule has 0 heterocycles. The molecule has 3 nitrogen and oxygen atoms in total. The Bertz CT molecular complexity index is 600. The Morgan fingerprint density at radius 1 is 1.14 bits per heavy atom. The molecule has 0 aliphatic heterocycles. The van der Waals surface area contributed by atoms with Crippen LogP contribution in [0.3, 0.4) is 0 Å². The maximum atomic E-state index is 12.0. The van der Waals surface area contributed by atoms with Gasteiger partial charge in [0.15, 0.2) is 0 Å². The summed E-state index contributed by atoms with van der Waals surface area (Å²) in [5, 5.41) is 14.0. The molecule has 2 aromatic carbocycles.